The Morgan fingerprint density at radius 3 is 2.96 bits per heavy atom. The van der Waals surface area contributed by atoms with Gasteiger partial charge in [-0.15, -0.1) is 0 Å². The summed E-state index contributed by atoms with van der Waals surface area (Å²) in [6, 6.07) is 4.76. The number of carbonyl (C=O) groups is 1. The summed E-state index contributed by atoms with van der Waals surface area (Å²) in [6.45, 7) is 6.27. The van der Waals surface area contributed by atoms with Crippen molar-refractivity contribution < 1.29 is 18.7 Å². The van der Waals surface area contributed by atoms with Crippen LogP contribution in [-0.4, -0.2) is 53.8 Å². The number of nitrogens with zero attached hydrogens (tertiary/aromatic N) is 2. The van der Waals surface area contributed by atoms with Crippen molar-refractivity contribution in [3.63, 3.8) is 0 Å². The maximum Gasteiger partial charge on any atom is 0.226 e. The van der Waals surface area contributed by atoms with E-state index in [2.05, 4.69) is 18.7 Å². The Labute approximate surface area is 147 Å². The lowest BCUT2D eigenvalue weighted by Gasteiger charge is -2.34. The Morgan fingerprint density at radius 2 is 2.24 bits per heavy atom. The summed E-state index contributed by atoms with van der Waals surface area (Å²) in [7, 11) is 1.59. The van der Waals surface area contributed by atoms with Gasteiger partial charge in [0.05, 0.1) is 25.8 Å². The maximum atomic E-state index is 13.7. The van der Waals surface area contributed by atoms with Gasteiger partial charge in [-0.05, 0) is 24.1 Å². The summed E-state index contributed by atoms with van der Waals surface area (Å²) in [4.78, 5) is 16.9. The number of likely N-dealkylation sites (tertiary alicyclic amines) is 1. The minimum atomic E-state index is -0.493. The van der Waals surface area contributed by atoms with Gasteiger partial charge < -0.3 is 14.4 Å². The van der Waals surface area contributed by atoms with E-state index in [0.29, 0.717) is 31.2 Å². The van der Waals surface area contributed by atoms with E-state index in [1.807, 2.05) is 4.90 Å². The van der Waals surface area contributed by atoms with Gasteiger partial charge in [0.1, 0.15) is 11.6 Å². The van der Waals surface area contributed by atoms with Crippen molar-refractivity contribution >= 4 is 5.91 Å². The van der Waals surface area contributed by atoms with Gasteiger partial charge >= 0.3 is 0 Å². The van der Waals surface area contributed by atoms with E-state index >= 15 is 0 Å². The van der Waals surface area contributed by atoms with E-state index in [1.165, 1.54) is 12.1 Å². The molecule has 136 valence electrons. The van der Waals surface area contributed by atoms with Gasteiger partial charge in [0, 0.05) is 31.5 Å². The molecule has 1 spiro atoms. The fourth-order valence-corrected chi connectivity index (χ4v) is 4.73. The summed E-state index contributed by atoms with van der Waals surface area (Å²) in [5.74, 6) is 0.957. The number of amides is 1. The topological polar surface area (TPSA) is 42.0 Å². The van der Waals surface area contributed by atoms with E-state index in [1.54, 1.807) is 13.2 Å². The fraction of sp³-hybridized carbons (Fsp3) is 0.632. The summed E-state index contributed by atoms with van der Waals surface area (Å²) in [5, 5.41) is 0. The highest BCUT2D eigenvalue weighted by Gasteiger charge is 2.64. The van der Waals surface area contributed by atoms with E-state index in [9.17, 15) is 9.18 Å². The Morgan fingerprint density at radius 1 is 1.44 bits per heavy atom. The maximum absolute atomic E-state index is 13.7. The average Bonchev–Trinajstić information content (AvgIpc) is 3.18. The molecular formula is C19H25FN2O3. The Kier molecular flexibility index (Phi) is 4.00. The smallest absolute Gasteiger partial charge is 0.226 e. The van der Waals surface area contributed by atoms with E-state index in [-0.39, 0.29) is 23.8 Å². The van der Waals surface area contributed by atoms with Gasteiger partial charge in [-0.2, -0.15) is 0 Å². The number of carbonyl (C=O) groups excluding carboxylic acids is 1. The molecule has 25 heavy (non-hydrogen) atoms. The Hall–Kier alpha value is -1.66. The van der Waals surface area contributed by atoms with Crippen LogP contribution in [0.1, 0.15) is 32.3 Å². The number of methoxy groups -OCH3 is 1. The molecular weight excluding hydrogens is 323 g/mol. The zero-order valence-electron chi connectivity index (χ0n) is 15.0. The van der Waals surface area contributed by atoms with E-state index in [0.717, 1.165) is 18.5 Å². The average molecular weight is 348 g/mol. The molecule has 4 rings (SSSR count). The van der Waals surface area contributed by atoms with E-state index < -0.39 is 5.72 Å². The SMILES string of the molecule is COc1ccc(F)cc1CN1CC[C@@]23OC[C@@H](C(C)C)N2C(=O)C[C@@H]13. The second-order valence-electron chi connectivity index (χ2n) is 7.63. The number of benzene rings is 1. The highest BCUT2D eigenvalue weighted by Crippen LogP contribution is 2.49. The van der Waals surface area contributed by atoms with Crippen LogP contribution >= 0.6 is 0 Å². The molecule has 0 unspecified atom stereocenters. The first-order valence-corrected chi connectivity index (χ1v) is 8.99. The molecule has 1 aromatic carbocycles. The Balaban J connectivity index is 1.60. The minimum Gasteiger partial charge on any atom is -0.496 e. The van der Waals surface area contributed by atoms with Crippen molar-refractivity contribution in [2.24, 2.45) is 5.92 Å². The molecule has 3 fully saturated rings. The molecule has 3 heterocycles. The van der Waals surface area contributed by atoms with Crippen LogP contribution < -0.4 is 4.74 Å². The molecule has 0 bridgehead atoms. The monoisotopic (exact) mass is 348 g/mol. The molecule has 3 atom stereocenters. The quantitative estimate of drug-likeness (QED) is 0.838. The number of halogens is 1. The van der Waals surface area contributed by atoms with Crippen molar-refractivity contribution in [2.75, 3.05) is 20.3 Å². The molecule has 1 amide bonds. The van der Waals surface area contributed by atoms with Crippen LogP contribution in [0.4, 0.5) is 4.39 Å². The number of rotatable bonds is 4. The second-order valence-corrected chi connectivity index (χ2v) is 7.63. The lowest BCUT2D eigenvalue weighted by atomic mass is 10.0. The first-order valence-electron chi connectivity index (χ1n) is 8.99. The van der Waals surface area contributed by atoms with Crippen LogP contribution in [0.2, 0.25) is 0 Å². The van der Waals surface area contributed by atoms with Crippen molar-refractivity contribution in [2.45, 2.75) is 51.0 Å². The van der Waals surface area contributed by atoms with Crippen molar-refractivity contribution in [3.8, 4) is 5.75 Å². The first-order chi connectivity index (χ1) is 12.0. The van der Waals surface area contributed by atoms with Crippen molar-refractivity contribution in [1.29, 1.82) is 0 Å². The van der Waals surface area contributed by atoms with Gasteiger partial charge in [-0.25, -0.2) is 4.39 Å². The minimum absolute atomic E-state index is 0.0247. The van der Waals surface area contributed by atoms with Crippen LogP contribution in [0.15, 0.2) is 18.2 Å². The van der Waals surface area contributed by atoms with Gasteiger partial charge in [-0.1, -0.05) is 13.8 Å². The van der Waals surface area contributed by atoms with Crippen LogP contribution in [0, 0.1) is 11.7 Å². The third-order valence-electron chi connectivity index (χ3n) is 5.98. The Bertz CT molecular complexity index is 695. The molecule has 1 aromatic rings. The predicted octanol–water partition coefficient (Wildman–Crippen LogP) is 2.39. The van der Waals surface area contributed by atoms with Gasteiger partial charge in [0.25, 0.3) is 0 Å². The zero-order chi connectivity index (χ0) is 17.8. The third kappa shape index (κ3) is 2.46. The van der Waals surface area contributed by atoms with Crippen LogP contribution in [0.25, 0.3) is 0 Å². The summed E-state index contributed by atoms with van der Waals surface area (Å²) in [5.41, 5.74) is 0.316. The molecule has 5 nitrogen and oxygen atoms in total. The number of hydrogen-bond acceptors (Lipinski definition) is 4. The van der Waals surface area contributed by atoms with Crippen LogP contribution in [-0.2, 0) is 16.1 Å². The largest absolute Gasteiger partial charge is 0.496 e. The third-order valence-corrected chi connectivity index (χ3v) is 5.98. The number of ether oxygens (including phenoxy) is 2. The predicted molar refractivity (Wildman–Crippen MR) is 90.5 cm³/mol. The van der Waals surface area contributed by atoms with Crippen LogP contribution in [0.5, 0.6) is 5.75 Å². The fourth-order valence-electron chi connectivity index (χ4n) is 4.73. The molecule has 6 heteroatoms. The van der Waals surface area contributed by atoms with E-state index in [4.69, 9.17) is 9.47 Å². The van der Waals surface area contributed by atoms with Crippen molar-refractivity contribution in [1.82, 2.24) is 9.80 Å². The number of hydrogen-bond donors (Lipinski definition) is 0. The highest BCUT2D eigenvalue weighted by molar-refractivity contribution is 5.82. The molecule has 0 saturated carbocycles. The molecule has 0 N–H and O–H groups in total. The lowest BCUT2D eigenvalue weighted by Crippen LogP contribution is -2.50. The summed E-state index contributed by atoms with van der Waals surface area (Å²) in [6.07, 6.45) is 1.28. The standard InChI is InChI=1S/C19H25FN2O3/c1-12(2)15-11-25-19-6-7-21(17(19)9-18(23)22(15)19)10-13-8-14(20)4-5-16(13)24-3/h4-5,8,12,15,17H,6-7,9-11H2,1-3H3/t15-,17+,19-/m0/s1. The molecule has 3 aliphatic heterocycles. The van der Waals surface area contributed by atoms with Gasteiger partial charge in [-0.3, -0.25) is 9.69 Å². The highest BCUT2D eigenvalue weighted by atomic mass is 19.1. The molecule has 3 saturated heterocycles. The zero-order valence-corrected chi connectivity index (χ0v) is 15.0. The lowest BCUT2D eigenvalue weighted by molar-refractivity contribution is -0.139. The summed E-state index contributed by atoms with van der Waals surface area (Å²) < 4.78 is 25.3. The van der Waals surface area contributed by atoms with Gasteiger partial charge in [0.2, 0.25) is 5.91 Å². The molecule has 0 aliphatic carbocycles. The summed E-state index contributed by atoms with van der Waals surface area (Å²) >= 11 is 0. The van der Waals surface area contributed by atoms with Gasteiger partial charge in [0.15, 0.2) is 5.72 Å². The first kappa shape index (κ1) is 16.8. The second kappa shape index (κ2) is 5.95. The van der Waals surface area contributed by atoms with Crippen LogP contribution in [0.3, 0.4) is 0 Å². The molecule has 0 radical (unpaired) electrons. The van der Waals surface area contributed by atoms with Crippen molar-refractivity contribution in [3.05, 3.63) is 29.6 Å². The molecule has 0 aromatic heterocycles. The normalized spacial score (nSPS) is 31.7. The molecule has 3 aliphatic rings.